The third-order valence-corrected chi connectivity index (χ3v) is 3.67. The van der Waals surface area contributed by atoms with Crippen molar-refractivity contribution in [1.82, 2.24) is 0 Å². The molecule has 19 heavy (non-hydrogen) atoms. The topological polar surface area (TPSA) is 27.0 Å². The van der Waals surface area contributed by atoms with Gasteiger partial charge in [-0.15, -0.1) is 0 Å². The predicted molar refractivity (Wildman–Crippen MR) is 82.7 cm³/mol. The van der Waals surface area contributed by atoms with Crippen LogP contribution in [0.2, 0.25) is 5.02 Å². The van der Waals surface area contributed by atoms with Crippen LogP contribution in [0.3, 0.4) is 0 Å². The maximum Gasteiger partial charge on any atom is 0.103 e. The number of hydrogen-bond donors (Lipinski definition) is 0. The molecule has 0 amide bonds. The molecule has 0 saturated heterocycles. The molecule has 0 saturated carbocycles. The molecular weight excluding hydrogens is 256 g/mol. The van der Waals surface area contributed by atoms with Gasteiger partial charge in [0.05, 0.1) is 16.3 Å². The number of anilines is 1. The molecule has 0 unspecified atom stereocenters. The zero-order valence-corrected chi connectivity index (χ0v) is 13.0. The summed E-state index contributed by atoms with van der Waals surface area (Å²) >= 11 is 6.15. The predicted octanol–water partition coefficient (Wildman–Crippen LogP) is 4.86. The molecule has 0 aliphatic carbocycles. The first-order valence-electron chi connectivity index (χ1n) is 7.00. The van der Waals surface area contributed by atoms with Gasteiger partial charge in [0.1, 0.15) is 6.07 Å². The van der Waals surface area contributed by atoms with E-state index in [9.17, 15) is 5.26 Å². The Kier molecular flexibility index (Phi) is 6.18. The summed E-state index contributed by atoms with van der Waals surface area (Å²) in [4.78, 5) is 2.34. The molecule has 3 heteroatoms. The zero-order valence-electron chi connectivity index (χ0n) is 12.3. The van der Waals surface area contributed by atoms with E-state index in [2.05, 4.69) is 38.7 Å². The van der Waals surface area contributed by atoms with Crippen LogP contribution >= 0.6 is 11.6 Å². The Balaban J connectivity index is 3.25. The first-order chi connectivity index (χ1) is 9.04. The van der Waals surface area contributed by atoms with Crippen molar-refractivity contribution < 1.29 is 0 Å². The number of hydrogen-bond acceptors (Lipinski definition) is 2. The second kappa shape index (κ2) is 7.40. The van der Waals surface area contributed by atoms with Gasteiger partial charge in [-0.25, -0.2) is 0 Å². The fourth-order valence-electron chi connectivity index (χ4n) is 2.43. The molecule has 0 aliphatic heterocycles. The summed E-state index contributed by atoms with van der Waals surface area (Å²) in [6, 6.07) is 8.41. The van der Waals surface area contributed by atoms with Crippen LogP contribution in [0.25, 0.3) is 0 Å². The minimum Gasteiger partial charge on any atom is -0.367 e. The van der Waals surface area contributed by atoms with Gasteiger partial charge >= 0.3 is 0 Å². The van der Waals surface area contributed by atoms with E-state index in [1.165, 1.54) is 0 Å². The first kappa shape index (κ1) is 15.9. The van der Waals surface area contributed by atoms with E-state index in [0.29, 0.717) is 22.5 Å². The van der Waals surface area contributed by atoms with Crippen molar-refractivity contribution >= 4 is 17.3 Å². The maximum absolute atomic E-state index is 9.35. The van der Waals surface area contributed by atoms with Gasteiger partial charge in [-0.3, -0.25) is 0 Å². The van der Waals surface area contributed by atoms with Crippen molar-refractivity contribution in [2.24, 2.45) is 5.92 Å². The number of rotatable bonds is 6. The Morgan fingerprint density at radius 1 is 1.26 bits per heavy atom. The molecule has 0 radical (unpaired) electrons. The van der Waals surface area contributed by atoms with Gasteiger partial charge in [-0.1, -0.05) is 45.4 Å². The van der Waals surface area contributed by atoms with Crippen LogP contribution < -0.4 is 4.90 Å². The lowest BCUT2D eigenvalue weighted by molar-refractivity contribution is 0.507. The van der Waals surface area contributed by atoms with Gasteiger partial charge < -0.3 is 4.90 Å². The molecule has 0 bridgehead atoms. The molecule has 0 atom stereocenters. The molecular formula is C16H23ClN2. The lowest BCUT2D eigenvalue weighted by Crippen LogP contribution is -2.37. The minimum atomic E-state index is 0.452. The molecule has 1 aromatic carbocycles. The summed E-state index contributed by atoms with van der Waals surface area (Å²) in [5, 5.41) is 9.89. The third kappa shape index (κ3) is 3.88. The summed E-state index contributed by atoms with van der Waals surface area (Å²) in [5.74, 6) is 0.547. The van der Waals surface area contributed by atoms with Crippen molar-refractivity contribution in [1.29, 1.82) is 5.26 Å². The molecule has 0 aliphatic rings. The van der Waals surface area contributed by atoms with Gasteiger partial charge in [0.25, 0.3) is 0 Å². The highest BCUT2D eigenvalue weighted by Crippen LogP contribution is 2.30. The van der Waals surface area contributed by atoms with Gasteiger partial charge in [0.15, 0.2) is 0 Å². The van der Waals surface area contributed by atoms with Crippen molar-refractivity contribution in [3.8, 4) is 6.07 Å². The van der Waals surface area contributed by atoms with Crippen molar-refractivity contribution in [2.75, 3.05) is 11.4 Å². The first-order valence-corrected chi connectivity index (χ1v) is 7.38. The molecule has 0 aromatic heterocycles. The Bertz CT molecular complexity index is 445. The summed E-state index contributed by atoms with van der Waals surface area (Å²) in [6.07, 6.45) is 2.14. The Morgan fingerprint density at radius 2 is 1.89 bits per heavy atom. The molecule has 0 heterocycles. The molecule has 1 aromatic rings. The number of nitriles is 1. The molecule has 0 spiro atoms. The summed E-state index contributed by atoms with van der Waals surface area (Å²) in [6.45, 7) is 9.73. The Hall–Kier alpha value is -1.20. The highest BCUT2D eigenvalue weighted by Gasteiger charge is 2.20. The monoisotopic (exact) mass is 278 g/mol. The Morgan fingerprint density at radius 3 is 2.37 bits per heavy atom. The van der Waals surface area contributed by atoms with Gasteiger partial charge in [0.2, 0.25) is 0 Å². The lowest BCUT2D eigenvalue weighted by Gasteiger charge is -2.35. The van der Waals surface area contributed by atoms with E-state index in [-0.39, 0.29) is 0 Å². The van der Waals surface area contributed by atoms with Crippen LogP contribution in [0.4, 0.5) is 5.69 Å². The molecule has 1 rings (SSSR count). The van der Waals surface area contributed by atoms with Crippen molar-refractivity contribution in [2.45, 2.75) is 46.6 Å². The molecule has 0 fully saturated rings. The maximum atomic E-state index is 9.35. The molecule has 0 N–H and O–H groups in total. The van der Waals surface area contributed by atoms with Crippen LogP contribution in [0, 0.1) is 17.2 Å². The second-order valence-electron chi connectivity index (χ2n) is 5.26. The Labute approximate surface area is 122 Å². The summed E-state index contributed by atoms with van der Waals surface area (Å²) < 4.78 is 0. The molecule has 104 valence electrons. The van der Waals surface area contributed by atoms with E-state index in [4.69, 9.17) is 11.6 Å². The third-order valence-electron chi connectivity index (χ3n) is 3.36. The normalized spacial score (nSPS) is 10.8. The lowest BCUT2D eigenvalue weighted by atomic mass is 10.0. The van der Waals surface area contributed by atoms with Crippen LogP contribution in [-0.2, 0) is 0 Å². The SMILES string of the molecule is CCC(CC)N(CC(C)C)c1cccc(Cl)c1C#N. The van der Waals surface area contributed by atoms with Crippen LogP contribution in [-0.4, -0.2) is 12.6 Å². The van der Waals surface area contributed by atoms with E-state index >= 15 is 0 Å². The average molecular weight is 279 g/mol. The fraction of sp³-hybridized carbons (Fsp3) is 0.562. The molecule has 2 nitrogen and oxygen atoms in total. The van der Waals surface area contributed by atoms with E-state index in [1.54, 1.807) is 6.07 Å². The largest absolute Gasteiger partial charge is 0.367 e. The average Bonchev–Trinajstić information content (AvgIpc) is 2.38. The van der Waals surface area contributed by atoms with Crippen molar-refractivity contribution in [3.63, 3.8) is 0 Å². The highest BCUT2D eigenvalue weighted by molar-refractivity contribution is 6.32. The van der Waals surface area contributed by atoms with Crippen molar-refractivity contribution in [3.05, 3.63) is 28.8 Å². The summed E-state index contributed by atoms with van der Waals surface area (Å²) in [5.41, 5.74) is 1.56. The zero-order chi connectivity index (χ0) is 14.4. The van der Waals surface area contributed by atoms with E-state index < -0.39 is 0 Å². The van der Waals surface area contributed by atoms with Gasteiger partial charge in [0, 0.05) is 12.6 Å². The second-order valence-corrected chi connectivity index (χ2v) is 5.67. The standard InChI is InChI=1S/C16H23ClN2/c1-5-13(6-2)19(11-12(3)4)16-9-7-8-15(17)14(16)10-18/h7-9,12-13H,5-6,11H2,1-4H3. The fourth-order valence-corrected chi connectivity index (χ4v) is 2.64. The van der Waals surface area contributed by atoms with E-state index in [0.717, 1.165) is 25.1 Å². The minimum absolute atomic E-state index is 0.452. The number of nitrogens with zero attached hydrogens (tertiary/aromatic N) is 2. The van der Waals surface area contributed by atoms with Crippen LogP contribution in [0.5, 0.6) is 0 Å². The van der Waals surface area contributed by atoms with Crippen LogP contribution in [0.15, 0.2) is 18.2 Å². The quantitative estimate of drug-likeness (QED) is 0.743. The van der Waals surface area contributed by atoms with Gasteiger partial charge in [-0.2, -0.15) is 5.26 Å². The number of benzene rings is 1. The number of halogens is 1. The van der Waals surface area contributed by atoms with Gasteiger partial charge in [-0.05, 0) is 30.9 Å². The smallest absolute Gasteiger partial charge is 0.103 e. The highest BCUT2D eigenvalue weighted by atomic mass is 35.5. The van der Waals surface area contributed by atoms with E-state index in [1.807, 2.05) is 12.1 Å². The summed E-state index contributed by atoms with van der Waals surface area (Å²) in [7, 11) is 0. The van der Waals surface area contributed by atoms with Crippen LogP contribution in [0.1, 0.15) is 46.1 Å².